The van der Waals surface area contributed by atoms with E-state index in [4.69, 9.17) is 9.47 Å². The summed E-state index contributed by atoms with van der Waals surface area (Å²) in [6, 6.07) is 8.05. The predicted molar refractivity (Wildman–Crippen MR) is 74.4 cm³/mol. The van der Waals surface area contributed by atoms with Crippen molar-refractivity contribution in [3.63, 3.8) is 0 Å². The second-order valence-corrected chi connectivity index (χ2v) is 5.01. The van der Waals surface area contributed by atoms with E-state index in [1.165, 1.54) is 12.0 Å². The number of hydrogen-bond acceptors (Lipinski definition) is 3. The number of esters is 1. The van der Waals surface area contributed by atoms with Crippen LogP contribution in [-0.4, -0.2) is 19.2 Å². The van der Waals surface area contributed by atoms with Gasteiger partial charge >= 0.3 is 5.97 Å². The molecule has 1 fully saturated rings. The summed E-state index contributed by atoms with van der Waals surface area (Å²) < 4.78 is 11.1. The van der Waals surface area contributed by atoms with Gasteiger partial charge in [-0.2, -0.15) is 0 Å². The van der Waals surface area contributed by atoms with E-state index < -0.39 is 0 Å². The Bertz CT molecular complexity index is 428. The van der Waals surface area contributed by atoms with Crippen LogP contribution in [0.3, 0.4) is 0 Å². The summed E-state index contributed by atoms with van der Waals surface area (Å²) in [7, 11) is 1.69. The molecule has 104 valence electrons. The van der Waals surface area contributed by atoms with Crippen LogP contribution in [0.2, 0.25) is 0 Å². The zero-order valence-electron chi connectivity index (χ0n) is 11.7. The first-order valence-corrected chi connectivity index (χ1v) is 7.08. The molecule has 0 radical (unpaired) electrons. The summed E-state index contributed by atoms with van der Waals surface area (Å²) >= 11 is 0. The maximum atomic E-state index is 11.6. The molecular weight excluding hydrogens is 240 g/mol. The molecule has 19 heavy (non-hydrogen) atoms. The zero-order valence-corrected chi connectivity index (χ0v) is 11.7. The Morgan fingerprint density at radius 3 is 2.74 bits per heavy atom. The van der Waals surface area contributed by atoms with E-state index in [0.29, 0.717) is 6.42 Å². The normalized spacial score (nSPS) is 22.8. The molecule has 0 spiro atoms. The predicted octanol–water partition coefficient (Wildman–Crippen LogP) is 3.67. The summed E-state index contributed by atoms with van der Waals surface area (Å²) in [5, 5.41) is 0. The third-order valence-corrected chi connectivity index (χ3v) is 3.81. The molecule has 3 nitrogen and oxygen atoms in total. The van der Waals surface area contributed by atoms with Gasteiger partial charge in [0, 0.05) is 17.9 Å². The molecule has 2 unspecified atom stereocenters. The van der Waals surface area contributed by atoms with Gasteiger partial charge in [-0.25, -0.2) is 0 Å². The summed E-state index contributed by atoms with van der Waals surface area (Å²) in [5.41, 5.74) is 1.17. The Morgan fingerprint density at radius 1 is 1.26 bits per heavy atom. The summed E-state index contributed by atoms with van der Waals surface area (Å²) in [6.07, 6.45) is 4.76. The van der Waals surface area contributed by atoms with Gasteiger partial charge in [0.05, 0.1) is 7.11 Å². The van der Waals surface area contributed by atoms with Crippen LogP contribution >= 0.6 is 0 Å². The quantitative estimate of drug-likeness (QED) is 0.777. The Kier molecular flexibility index (Phi) is 4.83. The van der Waals surface area contributed by atoms with Gasteiger partial charge in [0.2, 0.25) is 0 Å². The van der Waals surface area contributed by atoms with E-state index in [0.717, 1.165) is 25.0 Å². The van der Waals surface area contributed by atoms with Crippen LogP contribution in [0.5, 0.6) is 5.75 Å². The largest absolute Gasteiger partial charge is 0.496 e. The number of benzene rings is 1. The lowest BCUT2D eigenvalue weighted by atomic mass is 9.81. The van der Waals surface area contributed by atoms with E-state index in [2.05, 4.69) is 6.07 Å². The fourth-order valence-electron chi connectivity index (χ4n) is 2.82. The molecule has 1 aliphatic rings. The fourth-order valence-corrected chi connectivity index (χ4v) is 2.82. The van der Waals surface area contributed by atoms with Crippen molar-refractivity contribution in [1.29, 1.82) is 0 Å². The minimum Gasteiger partial charge on any atom is -0.496 e. The van der Waals surface area contributed by atoms with E-state index in [1.807, 2.05) is 25.1 Å². The van der Waals surface area contributed by atoms with Gasteiger partial charge in [-0.3, -0.25) is 4.79 Å². The van der Waals surface area contributed by atoms with Crippen LogP contribution in [0.1, 0.15) is 50.5 Å². The number of carbonyl (C=O) groups excluding carboxylic acids is 1. The SMILES string of the molecule is CCC(=O)OC1CCCCC1c1ccccc1OC. The Hall–Kier alpha value is -1.51. The molecule has 0 saturated heterocycles. The highest BCUT2D eigenvalue weighted by atomic mass is 16.5. The van der Waals surface area contributed by atoms with Gasteiger partial charge in [0.25, 0.3) is 0 Å². The molecule has 2 rings (SSSR count). The lowest BCUT2D eigenvalue weighted by Crippen LogP contribution is -2.28. The smallest absolute Gasteiger partial charge is 0.305 e. The number of para-hydroxylation sites is 1. The van der Waals surface area contributed by atoms with Crippen molar-refractivity contribution in [3.8, 4) is 5.75 Å². The van der Waals surface area contributed by atoms with E-state index >= 15 is 0 Å². The highest BCUT2D eigenvalue weighted by Crippen LogP contribution is 2.39. The number of ether oxygens (including phenoxy) is 2. The molecule has 1 saturated carbocycles. The number of rotatable bonds is 4. The van der Waals surface area contributed by atoms with Crippen LogP contribution in [-0.2, 0) is 9.53 Å². The summed E-state index contributed by atoms with van der Waals surface area (Å²) in [6.45, 7) is 1.84. The highest BCUT2D eigenvalue weighted by Gasteiger charge is 2.30. The topological polar surface area (TPSA) is 35.5 Å². The number of methoxy groups -OCH3 is 1. The molecule has 0 aliphatic heterocycles. The van der Waals surface area contributed by atoms with Crippen LogP contribution in [0.25, 0.3) is 0 Å². The first kappa shape index (κ1) is 13.9. The van der Waals surface area contributed by atoms with Gasteiger partial charge in [-0.15, -0.1) is 0 Å². The zero-order chi connectivity index (χ0) is 13.7. The first-order valence-electron chi connectivity index (χ1n) is 7.08. The average Bonchev–Trinajstić information content (AvgIpc) is 2.47. The monoisotopic (exact) mass is 262 g/mol. The average molecular weight is 262 g/mol. The fraction of sp³-hybridized carbons (Fsp3) is 0.562. The molecule has 0 heterocycles. The molecule has 1 aromatic rings. The van der Waals surface area contributed by atoms with Crippen molar-refractivity contribution in [3.05, 3.63) is 29.8 Å². The Balaban J connectivity index is 2.21. The van der Waals surface area contributed by atoms with E-state index in [-0.39, 0.29) is 18.0 Å². The van der Waals surface area contributed by atoms with E-state index in [1.54, 1.807) is 7.11 Å². The molecule has 0 N–H and O–H groups in total. The van der Waals surface area contributed by atoms with Crippen LogP contribution in [0, 0.1) is 0 Å². The highest BCUT2D eigenvalue weighted by molar-refractivity contribution is 5.69. The van der Waals surface area contributed by atoms with Gasteiger partial charge in [0.15, 0.2) is 0 Å². The van der Waals surface area contributed by atoms with Crippen molar-refractivity contribution in [2.45, 2.75) is 51.0 Å². The lowest BCUT2D eigenvalue weighted by molar-refractivity contribution is -0.151. The van der Waals surface area contributed by atoms with Crippen LogP contribution in [0.15, 0.2) is 24.3 Å². The molecule has 0 amide bonds. The maximum absolute atomic E-state index is 11.6. The van der Waals surface area contributed by atoms with E-state index in [9.17, 15) is 4.79 Å². The summed E-state index contributed by atoms with van der Waals surface area (Å²) in [4.78, 5) is 11.6. The third-order valence-electron chi connectivity index (χ3n) is 3.81. The Labute approximate surface area is 114 Å². The number of carbonyl (C=O) groups is 1. The lowest BCUT2D eigenvalue weighted by Gasteiger charge is -2.32. The van der Waals surface area contributed by atoms with Crippen molar-refractivity contribution in [2.75, 3.05) is 7.11 Å². The first-order chi connectivity index (χ1) is 9.26. The van der Waals surface area contributed by atoms with Crippen molar-refractivity contribution in [2.24, 2.45) is 0 Å². The summed E-state index contributed by atoms with van der Waals surface area (Å²) in [5.74, 6) is 1.05. The standard InChI is InChI=1S/C16H22O3/c1-3-16(17)19-15-11-7-5-9-13(15)12-8-4-6-10-14(12)18-2/h4,6,8,10,13,15H,3,5,7,9,11H2,1-2H3. The second-order valence-electron chi connectivity index (χ2n) is 5.01. The third kappa shape index (κ3) is 3.28. The molecular formula is C16H22O3. The van der Waals surface area contributed by atoms with Gasteiger partial charge < -0.3 is 9.47 Å². The van der Waals surface area contributed by atoms with Crippen LogP contribution in [0.4, 0.5) is 0 Å². The van der Waals surface area contributed by atoms with Crippen molar-refractivity contribution >= 4 is 5.97 Å². The van der Waals surface area contributed by atoms with Crippen LogP contribution < -0.4 is 4.74 Å². The second kappa shape index (κ2) is 6.60. The van der Waals surface area contributed by atoms with Gasteiger partial charge in [-0.05, 0) is 25.3 Å². The number of hydrogen-bond donors (Lipinski definition) is 0. The molecule has 1 aromatic carbocycles. The molecule has 1 aliphatic carbocycles. The Morgan fingerprint density at radius 2 is 2.00 bits per heavy atom. The molecule has 0 bridgehead atoms. The maximum Gasteiger partial charge on any atom is 0.305 e. The minimum atomic E-state index is -0.105. The van der Waals surface area contributed by atoms with Gasteiger partial charge in [-0.1, -0.05) is 31.5 Å². The molecule has 0 aromatic heterocycles. The van der Waals surface area contributed by atoms with Crippen molar-refractivity contribution in [1.82, 2.24) is 0 Å². The van der Waals surface area contributed by atoms with Gasteiger partial charge in [0.1, 0.15) is 11.9 Å². The van der Waals surface area contributed by atoms with Crippen molar-refractivity contribution < 1.29 is 14.3 Å². The molecule has 3 heteroatoms. The minimum absolute atomic E-state index is 0.00231. The molecule has 2 atom stereocenters.